The molecule has 0 fully saturated rings. The van der Waals surface area contributed by atoms with Crippen LogP contribution < -0.4 is 10.5 Å². The van der Waals surface area contributed by atoms with Gasteiger partial charge in [-0.1, -0.05) is 12.1 Å². The van der Waals surface area contributed by atoms with Gasteiger partial charge in [-0.25, -0.2) is 17.2 Å². The fourth-order valence-corrected chi connectivity index (χ4v) is 2.99. The van der Waals surface area contributed by atoms with E-state index in [0.717, 1.165) is 12.1 Å². The van der Waals surface area contributed by atoms with Gasteiger partial charge in [0.15, 0.2) is 0 Å². The maximum Gasteiger partial charge on any atom is 0.266 e. The molecule has 0 aliphatic carbocycles. The van der Waals surface area contributed by atoms with Crippen LogP contribution in [0.25, 0.3) is 0 Å². The Morgan fingerprint density at radius 1 is 1.10 bits per heavy atom. The number of halogens is 2. The predicted octanol–water partition coefficient (Wildman–Crippen LogP) is 2.22. The van der Waals surface area contributed by atoms with Gasteiger partial charge in [-0.2, -0.15) is 5.26 Å². The molecule has 0 radical (unpaired) electrons. The molecule has 0 aromatic heterocycles. The summed E-state index contributed by atoms with van der Waals surface area (Å²) in [6, 6.07) is 8.37. The van der Waals surface area contributed by atoms with E-state index in [4.69, 9.17) is 11.0 Å². The zero-order valence-electron chi connectivity index (χ0n) is 10.5. The SMILES string of the molecule is N#Cc1c(F)cccc1NS(=O)(=O)c1c(N)cccc1F. The first-order chi connectivity index (χ1) is 9.86. The summed E-state index contributed by atoms with van der Waals surface area (Å²) >= 11 is 0. The van der Waals surface area contributed by atoms with Crippen LogP contribution in [0.15, 0.2) is 41.3 Å². The molecule has 0 bridgehead atoms. The molecule has 0 amide bonds. The van der Waals surface area contributed by atoms with E-state index in [-0.39, 0.29) is 11.4 Å². The number of benzene rings is 2. The summed E-state index contributed by atoms with van der Waals surface area (Å²) in [4.78, 5) is -0.752. The number of hydrogen-bond donors (Lipinski definition) is 2. The second-order valence-corrected chi connectivity index (χ2v) is 5.66. The van der Waals surface area contributed by atoms with E-state index in [0.29, 0.717) is 0 Å². The summed E-state index contributed by atoms with van der Waals surface area (Å²) in [6.45, 7) is 0. The number of sulfonamides is 1. The lowest BCUT2D eigenvalue weighted by molar-refractivity contribution is 0.571. The van der Waals surface area contributed by atoms with Gasteiger partial charge in [0, 0.05) is 0 Å². The summed E-state index contributed by atoms with van der Waals surface area (Å²) in [5.41, 5.74) is 4.39. The molecule has 0 aliphatic rings. The standard InChI is InChI=1S/C13H9F2N3O2S/c14-9-3-2-6-12(8(9)7-16)18-21(19,20)13-10(15)4-1-5-11(13)17/h1-6,18H,17H2. The molecule has 0 aliphatic heterocycles. The molecule has 0 saturated heterocycles. The van der Waals surface area contributed by atoms with Crippen molar-refractivity contribution >= 4 is 21.4 Å². The van der Waals surface area contributed by atoms with Gasteiger partial charge in [0.2, 0.25) is 0 Å². The first kappa shape index (κ1) is 14.7. The van der Waals surface area contributed by atoms with E-state index in [2.05, 4.69) is 0 Å². The maximum absolute atomic E-state index is 13.7. The summed E-state index contributed by atoms with van der Waals surface area (Å²) < 4.78 is 53.4. The summed E-state index contributed by atoms with van der Waals surface area (Å²) in [5.74, 6) is -1.93. The molecule has 21 heavy (non-hydrogen) atoms. The average Bonchev–Trinajstić information content (AvgIpc) is 2.38. The molecule has 0 atom stereocenters. The van der Waals surface area contributed by atoms with Crippen LogP contribution >= 0.6 is 0 Å². The summed E-state index contributed by atoms with van der Waals surface area (Å²) in [5, 5.41) is 8.85. The monoisotopic (exact) mass is 309 g/mol. The van der Waals surface area contributed by atoms with Gasteiger partial charge in [0.25, 0.3) is 10.0 Å². The largest absolute Gasteiger partial charge is 0.398 e. The highest BCUT2D eigenvalue weighted by Gasteiger charge is 2.23. The number of nitrogens with zero attached hydrogens (tertiary/aromatic N) is 1. The second kappa shape index (κ2) is 5.38. The number of nitriles is 1. The number of nitrogen functional groups attached to an aromatic ring is 1. The Labute approximate surface area is 119 Å². The third-order valence-electron chi connectivity index (χ3n) is 2.64. The van der Waals surface area contributed by atoms with Crippen molar-refractivity contribution in [2.24, 2.45) is 0 Å². The fraction of sp³-hybridized carbons (Fsp3) is 0. The zero-order valence-corrected chi connectivity index (χ0v) is 11.3. The number of anilines is 2. The Hall–Kier alpha value is -2.66. The van der Waals surface area contributed by atoms with Gasteiger partial charge in [0.05, 0.1) is 11.4 Å². The molecule has 0 saturated carbocycles. The molecule has 2 rings (SSSR count). The Balaban J connectivity index is 2.54. The van der Waals surface area contributed by atoms with Crippen molar-refractivity contribution in [1.29, 1.82) is 5.26 Å². The van der Waals surface area contributed by atoms with Crippen LogP contribution in [0.2, 0.25) is 0 Å². The van der Waals surface area contributed by atoms with Crippen molar-refractivity contribution in [2.45, 2.75) is 4.90 Å². The number of hydrogen-bond acceptors (Lipinski definition) is 4. The predicted molar refractivity (Wildman–Crippen MR) is 72.7 cm³/mol. The highest BCUT2D eigenvalue weighted by molar-refractivity contribution is 7.92. The second-order valence-electron chi connectivity index (χ2n) is 4.04. The van der Waals surface area contributed by atoms with E-state index in [1.807, 2.05) is 4.72 Å². The van der Waals surface area contributed by atoms with Gasteiger partial charge in [0.1, 0.15) is 28.2 Å². The molecule has 0 spiro atoms. The lowest BCUT2D eigenvalue weighted by Gasteiger charge is -2.12. The Bertz CT molecular complexity index is 825. The van der Waals surface area contributed by atoms with Crippen LogP contribution in [-0.4, -0.2) is 8.42 Å². The lowest BCUT2D eigenvalue weighted by Crippen LogP contribution is -2.17. The molecule has 0 unspecified atom stereocenters. The van der Waals surface area contributed by atoms with Crippen LogP contribution in [-0.2, 0) is 10.0 Å². The van der Waals surface area contributed by atoms with Crippen molar-refractivity contribution in [1.82, 2.24) is 0 Å². The number of rotatable bonds is 3. The average molecular weight is 309 g/mol. The summed E-state index contributed by atoms with van der Waals surface area (Å²) in [7, 11) is -4.39. The first-order valence-electron chi connectivity index (χ1n) is 5.62. The van der Waals surface area contributed by atoms with Crippen molar-refractivity contribution in [2.75, 3.05) is 10.5 Å². The Morgan fingerprint density at radius 2 is 1.71 bits per heavy atom. The van der Waals surface area contributed by atoms with E-state index in [1.54, 1.807) is 6.07 Å². The summed E-state index contributed by atoms with van der Waals surface area (Å²) in [6.07, 6.45) is 0. The molecule has 0 heterocycles. The molecule has 2 aromatic carbocycles. The number of nitrogens with one attached hydrogen (secondary N) is 1. The van der Waals surface area contributed by atoms with Crippen molar-refractivity contribution in [3.8, 4) is 6.07 Å². The van der Waals surface area contributed by atoms with Crippen molar-refractivity contribution in [3.05, 3.63) is 53.6 Å². The van der Waals surface area contributed by atoms with E-state index >= 15 is 0 Å². The van der Waals surface area contributed by atoms with E-state index in [9.17, 15) is 17.2 Å². The Morgan fingerprint density at radius 3 is 2.33 bits per heavy atom. The number of nitrogens with two attached hydrogens (primary N) is 1. The topological polar surface area (TPSA) is 96.0 Å². The van der Waals surface area contributed by atoms with Gasteiger partial charge < -0.3 is 5.73 Å². The minimum atomic E-state index is -4.39. The third kappa shape index (κ3) is 2.78. The Kier molecular flexibility index (Phi) is 3.78. The fourth-order valence-electron chi connectivity index (χ4n) is 1.73. The van der Waals surface area contributed by atoms with Crippen molar-refractivity contribution < 1.29 is 17.2 Å². The maximum atomic E-state index is 13.7. The zero-order chi connectivity index (χ0) is 15.6. The normalized spacial score (nSPS) is 10.9. The molecule has 8 heteroatoms. The highest BCUT2D eigenvalue weighted by Crippen LogP contribution is 2.26. The minimum Gasteiger partial charge on any atom is -0.398 e. The van der Waals surface area contributed by atoms with Gasteiger partial charge in [-0.15, -0.1) is 0 Å². The van der Waals surface area contributed by atoms with Gasteiger partial charge in [-0.05, 0) is 24.3 Å². The molecular weight excluding hydrogens is 300 g/mol. The molecule has 3 N–H and O–H groups in total. The lowest BCUT2D eigenvalue weighted by atomic mass is 10.2. The van der Waals surface area contributed by atoms with Gasteiger partial charge >= 0.3 is 0 Å². The molecule has 108 valence electrons. The van der Waals surface area contributed by atoms with E-state index in [1.165, 1.54) is 24.3 Å². The molecule has 2 aromatic rings. The first-order valence-corrected chi connectivity index (χ1v) is 7.10. The quantitative estimate of drug-likeness (QED) is 0.850. The highest BCUT2D eigenvalue weighted by atomic mass is 32.2. The van der Waals surface area contributed by atoms with Crippen LogP contribution in [0.1, 0.15) is 5.56 Å². The van der Waals surface area contributed by atoms with Crippen LogP contribution in [0.4, 0.5) is 20.2 Å². The van der Waals surface area contributed by atoms with Crippen molar-refractivity contribution in [3.63, 3.8) is 0 Å². The van der Waals surface area contributed by atoms with Crippen LogP contribution in [0.5, 0.6) is 0 Å². The smallest absolute Gasteiger partial charge is 0.266 e. The molecule has 5 nitrogen and oxygen atoms in total. The van der Waals surface area contributed by atoms with E-state index < -0.39 is 32.1 Å². The molecular formula is C13H9F2N3O2S. The van der Waals surface area contributed by atoms with Crippen LogP contribution in [0.3, 0.4) is 0 Å². The van der Waals surface area contributed by atoms with Crippen LogP contribution in [0, 0.1) is 23.0 Å². The third-order valence-corrected chi connectivity index (χ3v) is 4.09. The van der Waals surface area contributed by atoms with Gasteiger partial charge in [-0.3, -0.25) is 4.72 Å². The minimum absolute atomic E-state index is 0.292.